The van der Waals surface area contributed by atoms with E-state index in [0.717, 1.165) is 0 Å². The van der Waals surface area contributed by atoms with E-state index < -0.39 is 11.2 Å². The number of hydrogen-bond acceptors (Lipinski definition) is 5. The van der Waals surface area contributed by atoms with Gasteiger partial charge >= 0.3 is 0 Å². The molecule has 120 valence electrons. The minimum atomic E-state index is -0.579. The van der Waals surface area contributed by atoms with Crippen LogP contribution >= 0.6 is 0 Å². The molecule has 0 unspecified atom stereocenters. The van der Waals surface area contributed by atoms with E-state index in [1.807, 2.05) is 0 Å². The fourth-order valence-electron chi connectivity index (χ4n) is 2.25. The largest absolute Gasteiger partial charge is 0.356 e. The normalized spacial score (nSPS) is 10.7. The Hall–Kier alpha value is -2.57. The van der Waals surface area contributed by atoms with Crippen LogP contribution in [0.4, 0.5) is 5.69 Å². The highest BCUT2D eigenvalue weighted by Gasteiger charge is 2.20. The molecule has 23 heavy (non-hydrogen) atoms. The summed E-state index contributed by atoms with van der Waals surface area (Å²) in [6.45, 7) is 0. The lowest BCUT2D eigenvalue weighted by Gasteiger charge is -2.13. The molecule has 0 aliphatic rings. The molecule has 0 aliphatic heterocycles. The average Bonchev–Trinajstić information content (AvgIpc) is 2.59. The summed E-state index contributed by atoms with van der Waals surface area (Å²) >= 11 is 0. The lowest BCUT2D eigenvalue weighted by molar-refractivity contribution is -0.385. The molecule has 6 heteroatoms. The Morgan fingerprint density at radius 1 is 1.09 bits per heavy atom. The van der Waals surface area contributed by atoms with Crippen LogP contribution in [-0.4, -0.2) is 31.2 Å². The Labute approximate surface area is 133 Å². The van der Waals surface area contributed by atoms with Crippen molar-refractivity contribution in [1.29, 1.82) is 0 Å². The van der Waals surface area contributed by atoms with Crippen molar-refractivity contribution in [1.82, 2.24) is 0 Å². The second kappa shape index (κ2) is 7.62. The number of ketones is 1. The molecule has 2 aromatic rings. The summed E-state index contributed by atoms with van der Waals surface area (Å²) < 4.78 is 10.1. The number of nitrogens with zero attached hydrogens (tertiary/aromatic N) is 1. The van der Waals surface area contributed by atoms with Crippen molar-refractivity contribution in [3.05, 3.63) is 75.3 Å². The summed E-state index contributed by atoms with van der Waals surface area (Å²) in [5, 5.41) is 11.3. The van der Waals surface area contributed by atoms with Gasteiger partial charge < -0.3 is 9.47 Å². The standard InChI is InChI=1S/C17H17NO5/c1-22-16(23-2)11-13-8-9-14(10-15(13)18(20)21)17(19)12-6-4-3-5-7-12/h3-10,16H,11H2,1-2H3. The molecular weight excluding hydrogens is 298 g/mol. The van der Waals surface area contributed by atoms with Gasteiger partial charge in [-0.05, 0) is 0 Å². The van der Waals surface area contributed by atoms with Crippen LogP contribution in [0, 0.1) is 10.1 Å². The second-order valence-corrected chi connectivity index (χ2v) is 4.90. The molecule has 0 radical (unpaired) electrons. The number of carbonyl (C=O) groups excluding carboxylic acids is 1. The van der Waals surface area contributed by atoms with Gasteiger partial charge in [0.25, 0.3) is 5.69 Å². The second-order valence-electron chi connectivity index (χ2n) is 4.90. The minimum absolute atomic E-state index is 0.120. The highest BCUT2D eigenvalue weighted by Crippen LogP contribution is 2.24. The SMILES string of the molecule is COC(Cc1ccc(C(=O)c2ccccc2)cc1[N+](=O)[O-])OC. The number of nitro benzene ring substituents is 1. The molecule has 0 bridgehead atoms. The molecular formula is C17H17NO5. The average molecular weight is 315 g/mol. The van der Waals surface area contributed by atoms with Gasteiger partial charge in [0.2, 0.25) is 0 Å². The first-order chi connectivity index (χ1) is 11.1. The summed E-state index contributed by atoms with van der Waals surface area (Å²) in [6.07, 6.45) is -0.354. The number of nitro groups is 1. The van der Waals surface area contributed by atoms with Gasteiger partial charge in [-0.1, -0.05) is 42.5 Å². The molecule has 2 rings (SSSR count). The van der Waals surface area contributed by atoms with E-state index in [-0.39, 0.29) is 23.5 Å². The Morgan fingerprint density at radius 3 is 2.30 bits per heavy atom. The molecule has 6 nitrogen and oxygen atoms in total. The number of methoxy groups -OCH3 is 2. The Morgan fingerprint density at radius 2 is 1.74 bits per heavy atom. The Kier molecular flexibility index (Phi) is 5.56. The molecule has 0 spiro atoms. The summed E-state index contributed by atoms with van der Waals surface area (Å²) in [6, 6.07) is 13.1. The van der Waals surface area contributed by atoms with Crippen molar-refractivity contribution in [3.8, 4) is 0 Å². The van der Waals surface area contributed by atoms with Gasteiger partial charge in [0.1, 0.15) is 0 Å². The fourth-order valence-corrected chi connectivity index (χ4v) is 2.25. The predicted molar refractivity (Wildman–Crippen MR) is 84.5 cm³/mol. The Balaban J connectivity index is 2.36. The van der Waals surface area contributed by atoms with E-state index in [0.29, 0.717) is 11.1 Å². The molecule has 0 aliphatic carbocycles. The summed E-state index contributed by atoms with van der Waals surface area (Å²) in [4.78, 5) is 23.2. The summed E-state index contributed by atoms with van der Waals surface area (Å²) in [7, 11) is 2.93. The molecule has 0 amide bonds. The van der Waals surface area contributed by atoms with Gasteiger partial charge in [-0.25, -0.2) is 0 Å². The fraction of sp³-hybridized carbons (Fsp3) is 0.235. The number of benzene rings is 2. The van der Waals surface area contributed by atoms with Gasteiger partial charge in [-0.15, -0.1) is 0 Å². The topological polar surface area (TPSA) is 78.7 Å². The van der Waals surface area contributed by atoms with Crippen molar-refractivity contribution < 1.29 is 19.2 Å². The molecule has 0 N–H and O–H groups in total. The first-order valence-electron chi connectivity index (χ1n) is 6.99. The van der Waals surface area contributed by atoms with Crippen molar-refractivity contribution in [2.24, 2.45) is 0 Å². The third-order valence-electron chi connectivity index (χ3n) is 3.49. The van der Waals surface area contributed by atoms with Crippen LogP contribution < -0.4 is 0 Å². The van der Waals surface area contributed by atoms with E-state index in [1.165, 1.54) is 20.3 Å². The zero-order valence-electron chi connectivity index (χ0n) is 12.9. The van der Waals surface area contributed by atoms with Crippen LogP contribution in [0.2, 0.25) is 0 Å². The zero-order valence-corrected chi connectivity index (χ0v) is 12.9. The lowest BCUT2D eigenvalue weighted by Crippen LogP contribution is -2.17. The smallest absolute Gasteiger partial charge is 0.273 e. The lowest BCUT2D eigenvalue weighted by atomic mass is 9.99. The third-order valence-corrected chi connectivity index (χ3v) is 3.49. The van der Waals surface area contributed by atoms with E-state index >= 15 is 0 Å². The number of rotatable bonds is 7. The monoisotopic (exact) mass is 315 g/mol. The van der Waals surface area contributed by atoms with Gasteiger partial charge in [-0.2, -0.15) is 0 Å². The van der Waals surface area contributed by atoms with E-state index in [2.05, 4.69) is 0 Å². The van der Waals surface area contributed by atoms with Crippen molar-refractivity contribution >= 4 is 11.5 Å². The maximum absolute atomic E-state index is 12.4. The molecule has 0 saturated heterocycles. The van der Waals surface area contributed by atoms with Crippen LogP contribution in [0.25, 0.3) is 0 Å². The number of ether oxygens (including phenoxy) is 2. The maximum Gasteiger partial charge on any atom is 0.273 e. The van der Waals surface area contributed by atoms with Gasteiger partial charge in [0.15, 0.2) is 12.1 Å². The molecule has 0 heterocycles. The molecule has 2 aromatic carbocycles. The van der Waals surface area contributed by atoms with Crippen molar-refractivity contribution in [2.45, 2.75) is 12.7 Å². The van der Waals surface area contributed by atoms with Crippen LogP contribution in [0.1, 0.15) is 21.5 Å². The van der Waals surface area contributed by atoms with E-state index in [4.69, 9.17) is 9.47 Å². The Bertz CT molecular complexity index is 695. The number of hydrogen-bond donors (Lipinski definition) is 0. The van der Waals surface area contributed by atoms with Crippen molar-refractivity contribution in [3.63, 3.8) is 0 Å². The third kappa shape index (κ3) is 4.00. The van der Waals surface area contributed by atoms with Crippen LogP contribution in [-0.2, 0) is 15.9 Å². The van der Waals surface area contributed by atoms with E-state index in [9.17, 15) is 14.9 Å². The minimum Gasteiger partial charge on any atom is -0.356 e. The zero-order chi connectivity index (χ0) is 16.8. The van der Waals surface area contributed by atoms with Crippen LogP contribution in [0.3, 0.4) is 0 Å². The highest BCUT2D eigenvalue weighted by atomic mass is 16.7. The summed E-state index contributed by atoms with van der Waals surface area (Å²) in [5.74, 6) is -0.254. The first kappa shape index (κ1) is 16.8. The molecule has 0 atom stereocenters. The van der Waals surface area contributed by atoms with E-state index in [1.54, 1.807) is 42.5 Å². The maximum atomic E-state index is 12.4. The molecule has 0 saturated carbocycles. The van der Waals surface area contributed by atoms with Gasteiger partial charge in [-0.3, -0.25) is 14.9 Å². The molecule has 0 fully saturated rings. The van der Waals surface area contributed by atoms with Crippen LogP contribution in [0.15, 0.2) is 48.5 Å². The van der Waals surface area contributed by atoms with Crippen LogP contribution in [0.5, 0.6) is 0 Å². The number of carbonyl (C=O) groups is 1. The first-order valence-corrected chi connectivity index (χ1v) is 6.99. The van der Waals surface area contributed by atoms with Gasteiger partial charge in [0.05, 0.1) is 4.92 Å². The highest BCUT2D eigenvalue weighted by molar-refractivity contribution is 6.09. The summed E-state index contributed by atoms with van der Waals surface area (Å²) in [5.41, 5.74) is 1.10. The van der Waals surface area contributed by atoms with Gasteiger partial charge in [0, 0.05) is 43.4 Å². The predicted octanol–water partition coefficient (Wildman–Crippen LogP) is 2.99. The van der Waals surface area contributed by atoms with Crippen molar-refractivity contribution in [2.75, 3.05) is 14.2 Å². The molecule has 0 aromatic heterocycles. The quantitative estimate of drug-likeness (QED) is 0.340.